The Hall–Kier alpha value is -2.30. The van der Waals surface area contributed by atoms with Crippen molar-refractivity contribution in [2.75, 3.05) is 11.9 Å². The molecule has 0 amide bonds. The molecular formula is C18H25N5O5. The van der Waals surface area contributed by atoms with E-state index in [0.717, 1.165) is 12.8 Å². The number of hydrogen-bond acceptors (Lipinski definition) is 9. The Bertz CT molecular complexity index is 837. The monoisotopic (exact) mass is 391 g/mol. The van der Waals surface area contributed by atoms with E-state index in [4.69, 9.17) is 9.47 Å². The third kappa shape index (κ3) is 3.54. The summed E-state index contributed by atoms with van der Waals surface area (Å²) in [4.78, 5) is 24.3. The van der Waals surface area contributed by atoms with Crippen molar-refractivity contribution >= 4 is 23.0 Å². The Balaban J connectivity index is 1.54. The number of anilines is 1. The molecule has 2 aliphatic rings. The zero-order chi connectivity index (χ0) is 19.7. The van der Waals surface area contributed by atoms with Crippen LogP contribution in [0.5, 0.6) is 0 Å². The maximum atomic E-state index is 11.4. The van der Waals surface area contributed by atoms with Gasteiger partial charge in [-0.3, -0.25) is 9.36 Å². The fourth-order valence-electron chi connectivity index (χ4n) is 3.78. The number of nitrogens with zero attached hydrogens (tertiary/aromatic N) is 4. The summed E-state index contributed by atoms with van der Waals surface area (Å²) in [6.07, 6.45) is 3.67. The normalized spacial score (nSPS) is 28.1. The summed E-state index contributed by atoms with van der Waals surface area (Å²) >= 11 is 0. The van der Waals surface area contributed by atoms with Crippen LogP contribution in [0.15, 0.2) is 12.7 Å². The second-order valence-corrected chi connectivity index (χ2v) is 7.25. The Kier molecular flexibility index (Phi) is 5.42. The molecule has 0 aromatic carbocycles. The van der Waals surface area contributed by atoms with E-state index in [1.54, 1.807) is 11.5 Å². The minimum atomic E-state index is -1.20. The molecule has 2 aromatic heterocycles. The number of aromatic nitrogens is 4. The lowest BCUT2D eigenvalue weighted by Crippen LogP contribution is -2.34. The van der Waals surface area contributed by atoms with Crippen LogP contribution in [0.1, 0.15) is 45.3 Å². The van der Waals surface area contributed by atoms with Crippen LogP contribution in [0.25, 0.3) is 11.2 Å². The summed E-state index contributed by atoms with van der Waals surface area (Å²) in [5.74, 6) is 0.259. The Morgan fingerprint density at radius 1 is 1.29 bits per heavy atom. The van der Waals surface area contributed by atoms with Gasteiger partial charge < -0.3 is 25.0 Å². The maximum absolute atomic E-state index is 11.4. The molecule has 2 aromatic rings. The average molecular weight is 391 g/mol. The van der Waals surface area contributed by atoms with E-state index < -0.39 is 30.5 Å². The predicted octanol–water partition coefficient (Wildman–Crippen LogP) is 0.753. The molecule has 28 heavy (non-hydrogen) atoms. The highest BCUT2D eigenvalue weighted by Crippen LogP contribution is 2.33. The van der Waals surface area contributed by atoms with Crippen LogP contribution in [0, 0.1) is 0 Å². The molecular weight excluding hydrogens is 366 g/mol. The largest absolute Gasteiger partial charge is 0.463 e. The van der Waals surface area contributed by atoms with E-state index in [-0.39, 0.29) is 13.0 Å². The molecule has 1 saturated carbocycles. The molecule has 3 N–H and O–H groups in total. The predicted molar refractivity (Wildman–Crippen MR) is 98.4 cm³/mol. The summed E-state index contributed by atoms with van der Waals surface area (Å²) in [6.45, 7) is 1.55. The lowest BCUT2D eigenvalue weighted by Gasteiger charge is -2.17. The van der Waals surface area contributed by atoms with Crippen LogP contribution < -0.4 is 5.32 Å². The number of hydrogen-bond donors (Lipinski definition) is 3. The number of nitrogens with one attached hydrogen (secondary N) is 1. The summed E-state index contributed by atoms with van der Waals surface area (Å²) in [5, 5.41) is 24.2. The van der Waals surface area contributed by atoms with Crippen LogP contribution >= 0.6 is 0 Å². The van der Waals surface area contributed by atoms with Gasteiger partial charge in [-0.25, -0.2) is 15.0 Å². The molecule has 1 saturated heterocycles. The van der Waals surface area contributed by atoms with Gasteiger partial charge in [0.2, 0.25) is 0 Å². The van der Waals surface area contributed by atoms with E-state index in [9.17, 15) is 15.0 Å². The fraction of sp³-hybridized carbons (Fsp3) is 0.667. The van der Waals surface area contributed by atoms with Crippen molar-refractivity contribution in [1.29, 1.82) is 0 Å². The van der Waals surface area contributed by atoms with E-state index in [1.165, 1.54) is 25.5 Å². The number of carbonyl (C=O) groups excluding carboxylic acids is 1. The highest BCUT2D eigenvalue weighted by atomic mass is 16.6. The molecule has 152 valence electrons. The molecule has 1 unspecified atom stereocenters. The van der Waals surface area contributed by atoms with Crippen molar-refractivity contribution in [3.63, 3.8) is 0 Å². The fourth-order valence-corrected chi connectivity index (χ4v) is 3.78. The number of carbonyl (C=O) groups is 1. The van der Waals surface area contributed by atoms with Gasteiger partial charge in [-0.1, -0.05) is 19.8 Å². The number of imidazole rings is 1. The van der Waals surface area contributed by atoms with Crippen molar-refractivity contribution in [1.82, 2.24) is 19.5 Å². The molecule has 3 heterocycles. The quantitative estimate of drug-likeness (QED) is 0.610. The smallest absolute Gasteiger partial charge is 0.305 e. The zero-order valence-electron chi connectivity index (χ0n) is 15.7. The maximum Gasteiger partial charge on any atom is 0.305 e. The molecule has 10 heteroatoms. The summed E-state index contributed by atoms with van der Waals surface area (Å²) in [7, 11) is 0. The molecule has 10 nitrogen and oxygen atoms in total. The van der Waals surface area contributed by atoms with Crippen molar-refractivity contribution in [2.24, 2.45) is 0 Å². The number of aliphatic hydroxyl groups is 2. The first kappa shape index (κ1) is 19.0. The topological polar surface area (TPSA) is 132 Å². The molecule has 4 atom stereocenters. The molecule has 2 fully saturated rings. The van der Waals surface area contributed by atoms with Gasteiger partial charge in [-0.15, -0.1) is 0 Å². The second kappa shape index (κ2) is 7.98. The van der Waals surface area contributed by atoms with E-state index >= 15 is 0 Å². The average Bonchev–Trinajstić information content (AvgIpc) is 3.42. The second-order valence-electron chi connectivity index (χ2n) is 7.25. The third-order valence-corrected chi connectivity index (χ3v) is 5.36. The third-order valence-electron chi connectivity index (χ3n) is 5.36. The summed E-state index contributed by atoms with van der Waals surface area (Å²) < 4.78 is 12.4. The first-order valence-electron chi connectivity index (χ1n) is 9.69. The molecule has 1 aliphatic heterocycles. The van der Waals surface area contributed by atoms with E-state index in [1.807, 2.05) is 0 Å². The first-order valence-corrected chi connectivity index (χ1v) is 9.69. The Morgan fingerprint density at radius 2 is 2.07 bits per heavy atom. The summed E-state index contributed by atoms with van der Waals surface area (Å²) in [6, 6.07) is 0.371. The summed E-state index contributed by atoms with van der Waals surface area (Å²) in [5.41, 5.74) is 1.08. The van der Waals surface area contributed by atoms with E-state index in [2.05, 4.69) is 20.3 Å². The lowest BCUT2D eigenvalue weighted by atomic mass is 10.1. The first-order chi connectivity index (χ1) is 13.6. The lowest BCUT2D eigenvalue weighted by molar-refractivity contribution is -0.149. The van der Waals surface area contributed by atoms with E-state index in [0.29, 0.717) is 23.0 Å². The molecule has 0 radical (unpaired) electrons. The number of fused-ring (bicyclic) bond motifs is 1. The number of aliphatic hydroxyl groups excluding tert-OH is 2. The Labute approximate surface area is 161 Å². The van der Waals surface area contributed by atoms with Crippen molar-refractivity contribution in [3.8, 4) is 0 Å². The van der Waals surface area contributed by atoms with Crippen molar-refractivity contribution in [3.05, 3.63) is 12.7 Å². The van der Waals surface area contributed by atoms with Gasteiger partial charge in [0.05, 0.1) is 6.33 Å². The van der Waals surface area contributed by atoms with Crippen LogP contribution in [0.3, 0.4) is 0 Å². The standard InChI is InChI=1S/C18H25N5O5/c1-2-12(24)27-7-11-14(25)15(26)18(28-11)23-9-21-13-16(19-8-20-17(13)23)22-10-5-3-4-6-10/h8-11,14-15,18,25-26H,2-7H2,1H3,(H,19,20,22)/t11-,14-,15-,18?/m1/s1. The molecule has 0 spiro atoms. The highest BCUT2D eigenvalue weighted by Gasteiger charge is 2.45. The minimum absolute atomic E-state index is 0.127. The van der Waals surface area contributed by atoms with Crippen LogP contribution in [0.2, 0.25) is 0 Å². The van der Waals surface area contributed by atoms with Gasteiger partial charge in [0.15, 0.2) is 23.2 Å². The minimum Gasteiger partial charge on any atom is -0.463 e. The van der Waals surface area contributed by atoms with Crippen LogP contribution in [0.4, 0.5) is 5.82 Å². The highest BCUT2D eigenvalue weighted by molar-refractivity contribution is 5.82. The van der Waals surface area contributed by atoms with Gasteiger partial charge in [0, 0.05) is 12.5 Å². The van der Waals surface area contributed by atoms with Gasteiger partial charge >= 0.3 is 5.97 Å². The zero-order valence-corrected chi connectivity index (χ0v) is 15.7. The molecule has 0 bridgehead atoms. The van der Waals surface area contributed by atoms with Crippen molar-refractivity contribution in [2.45, 2.75) is 69.6 Å². The SMILES string of the molecule is CCC(=O)OC[C@H]1OC(n2cnc3c(NC4CCCC4)ncnc32)[C@H](O)[C@@H]1O. The Morgan fingerprint density at radius 3 is 2.82 bits per heavy atom. The van der Waals surface area contributed by atoms with Gasteiger partial charge in [0.25, 0.3) is 0 Å². The number of ether oxygens (including phenoxy) is 2. The van der Waals surface area contributed by atoms with Crippen molar-refractivity contribution < 1.29 is 24.5 Å². The van der Waals surface area contributed by atoms with Crippen LogP contribution in [-0.2, 0) is 14.3 Å². The van der Waals surface area contributed by atoms with Gasteiger partial charge in [-0.2, -0.15) is 0 Å². The molecule has 1 aliphatic carbocycles. The number of rotatable bonds is 6. The molecule has 4 rings (SSSR count). The van der Waals surface area contributed by atoms with Crippen LogP contribution in [-0.4, -0.2) is 66.7 Å². The van der Waals surface area contributed by atoms with Gasteiger partial charge in [0.1, 0.15) is 31.2 Å². The van der Waals surface area contributed by atoms with Gasteiger partial charge in [-0.05, 0) is 12.8 Å². The number of esters is 1.